The molecule has 0 aliphatic heterocycles. The third-order valence-electron chi connectivity index (χ3n) is 4.95. The molecule has 0 spiro atoms. The fourth-order valence-corrected chi connectivity index (χ4v) is 3.79. The van der Waals surface area contributed by atoms with Crippen LogP contribution in [-0.4, -0.2) is 27.2 Å². The zero-order valence-corrected chi connectivity index (χ0v) is 21.8. The van der Waals surface area contributed by atoms with E-state index < -0.39 is 5.91 Å². The molecular weight excluding hydrogens is 527 g/mol. The van der Waals surface area contributed by atoms with E-state index in [1.807, 2.05) is 18.2 Å². The van der Waals surface area contributed by atoms with E-state index in [1.54, 1.807) is 24.3 Å². The zero-order chi connectivity index (χ0) is 26.2. The zero-order valence-electron chi connectivity index (χ0n) is 19.5. The minimum absolute atomic E-state index is 0.182. The van der Waals surface area contributed by atoms with Gasteiger partial charge >= 0.3 is 0 Å². The Morgan fingerprint density at radius 3 is 2.19 bits per heavy atom. The second kappa shape index (κ2) is 12.4. The number of benzene rings is 3. The standard InChI is InChI=1S/C26H21Cl3N2O5/c1-33-22-12-21(23(34-2)11-19(22)28)31-26(32)17(13-30)8-16-9-20(29)25(24(10-16)35-3)36-14-15-4-6-18(27)7-5-15/h4-12H,14H2,1-3H3,(H,31,32)/b17-8+. The van der Waals surface area contributed by atoms with Gasteiger partial charge in [-0.25, -0.2) is 0 Å². The Kier molecular flexibility index (Phi) is 9.31. The molecule has 0 aromatic heterocycles. The quantitative estimate of drug-likeness (QED) is 0.234. The number of carbonyl (C=O) groups excluding carboxylic acids is 1. The first-order valence-corrected chi connectivity index (χ1v) is 11.5. The Bertz CT molecular complexity index is 1330. The Morgan fingerprint density at radius 2 is 1.58 bits per heavy atom. The molecule has 186 valence electrons. The lowest BCUT2D eigenvalue weighted by atomic mass is 10.1. The first-order chi connectivity index (χ1) is 17.3. The predicted molar refractivity (Wildman–Crippen MR) is 141 cm³/mol. The number of halogens is 3. The summed E-state index contributed by atoms with van der Waals surface area (Å²) in [4.78, 5) is 12.9. The normalized spacial score (nSPS) is 10.9. The highest BCUT2D eigenvalue weighted by atomic mass is 35.5. The maximum Gasteiger partial charge on any atom is 0.266 e. The van der Waals surface area contributed by atoms with Crippen LogP contribution in [0.3, 0.4) is 0 Å². The van der Waals surface area contributed by atoms with Crippen molar-refractivity contribution in [2.24, 2.45) is 0 Å². The lowest BCUT2D eigenvalue weighted by Crippen LogP contribution is -2.14. The highest BCUT2D eigenvalue weighted by Gasteiger charge is 2.17. The molecule has 0 radical (unpaired) electrons. The van der Waals surface area contributed by atoms with Crippen LogP contribution in [0.2, 0.25) is 15.1 Å². The van der Waals surface area contributed by atoms with Gasteiger partial charge in [0, 0.05) is 17.2 Å². The average Bonchev–Trinajstić information content (AvgIpc) is 2.87. The van der Waals surface area contributed by atoms with Gasteiger partial charge in [-0.2, -0.15) is 5.26 Å². The summed E-state index contributed by atoms with van der Waals surface area (Å²) in [5, 5.41) is 13.4. The van der Waals surface area contributed by atoms with Crippen molar-refractivity contribution in [2.45, 2.75) is 6.61 Å². The van der Waals surface area contributed by atoms with Gasteiger partial charge in [0.15, 0.2) is 11.5 Å². The van der Waals surface area contributed by atoms with Crippen molar-refractivity contribution in [2.75, 3.05) is 26.6 Å². The Morgan fingerprint density at radius 1 is 0.917 bits per heavy atom. The number of methoxy groups -OCH3 is 3. The number of hydrogen-bond donors (Lipinski definition) is 1. The Hall–Kier alpha value is -3.57. The smallest absolute Gasteiger partial charge is 0.266 e. The third kappa shape index (κ3) is 6.55. The van der Waals surface area contributed by atoms with Gasteiger partial charge in [-0.05, 0) is 41.5 Å². The summed E-state index contributed by atoms with van der Waals surface area (Å²) in [7, 11) is 4.34. The highest BCUT2D eigenvalue weighted by molar-refractivity contribution is 6.33. The van der Waals surface area contributed by atoms with E-state index in [2.05, 4.69) is 5.32 Å². The van der Waals surface area contributed by atoms with Gasteiger partial charge in [-0.3, -0.25) is 4.79 Å². The molecule has 0 saturated heterocycles. The molecule has 10 heteroatoms. The van der Waals surface area contributed by atoms with Crippen molar-refractivity contribution in [3.63, 3.8) is 0 Å². The summed E-state index contributed by atoms with van der Waals surface area (Å²) >= 11 is 18.5. The largest absolute Gasteiger partial charge is 0.495 e. The molecule has 0 aliphatic rings. The van der Waals surface area contributed by atoms with Crippen LogP contribution in [0.25, 0.3) is 6.08 Å². The molecular formula is C26H21Cl3N2O5. The van der Waals surface area contributed by atoms with Gasteiger partial charge in [0.1, 0.15) is 29.7 Å². The molecule has 3 aromatic carbocycles. The van der Waals surface area contributed by atoms with Crippen molar-refractivity contribution >= 4 is 52.5 Å². The van der Waals surface area contributed by atoms with Gasteiger partial charge in [0.05, 0.1) is 37.1 Å². The lowest BCUT2D eigenvalue weighted by molar-refractivity contribution is -0.112. The number of carbonyl (C=O) groups is 1. The Labute approximate surface area is 223 Å². The van der Waals surface area contributed by atoms with Crippen LogP contribution in [0.4, 0.5) is 5.69 Å². The number of nitrogens with one attached hydrogen (secondary N) is 1. The van der Waals surface area contributed by atoms with Crippen molar-refractivity contribution in [3.05, 3.63) is 80.3 Å². The first-order valence-electron chi connectivity index (χ1n) is 10.4. The van der Waals surface area contributed by atoms with Crippen LogP contribution in [0, 0.1) is 11.3 Å². The van der Waals surface area contributed by atoms with Gasteiger partial charge < -0.3 is 24.3 Å². The molecule has 3 rings (SSSR count). The molecule has 3 aromatic rings. The third-order valence-corrected chi connectivity index (χ3v) is 5.77. The summed E-state index contributed by atoms with van der Waals surface area (Å²) in [6.07, 6.45) is 1.38. The van der Waals surface area contributed by atoms with Crippen molar-refractivity contribution in [1.29, 1.82) is 5.26 Å². The summed E-state index contributed by atoms with van der Waals surface area (Å²) < 4.78 is 21.7. The summed E-state index contributed by atoms with van der Waals surface area (Å²) in [5.74, 6) is 0.634. The molecule has 1 amide bonds. The van der Waals surface area contributed by atoms with Crippen molar-refractivity contribution < 1.29 is 23.7 Å². The van der Waals surface area contributed by atoms with E-state index in [1.165, 1.54) is 39.5 Å². The molecule has 0 heterocycles. The maximum atomic E-state index is 12.9. The predicted octanol–water partition coefficient (Wildman–Crippen LogP) is 6.80. The van der Waals surface area contributed by atoms with E-state index in [0.717, 1.165) is 5.56 Å². The summed E-state index contributed by atoms with van der Waals surface area (Å²) in [6, 6.07) is 15.3. The Balaban J connectivity index is 1.85. The SMILES string of the molecule is COc1cc(NC(=O)/C(C#N)=C/c2cc(Cl)c(OCc3ccc(Cl)cc3)c(OC)c2)c(OC)cc1Cl. The number of ether oxygens (including phenoxy) is 4. The van der Waals surface area contributed by atoms with Crippen LogP contribution in [-0.2, 0) is 11.4 Å². The average molecular weight is 548 g/mol. The first kappa shape index (κ1) is 27.0. The summed E-state index contributed by atoms with van der Waals surface area (Å²) in [6.45, 7) is 0.237. The van der Waals surface area contributed by atoms with E-state index in [9.17, 15) is 10.1 Å². The number of nitriles is 1. The number of anilines is 1. The minimum Gasteiger partial charge on any atom is -0.495 e. The highest BCUT2D eigenvalue weighted by Crippen LogP contribution is 2.38. The van der Waals surface area contributed by atoms with Crippen LogP contribution in [0.1, 0.15) is 11.1 Å². The maximum absolute atomic E-state index is 12.9. The summed E-state index contributed by atoms with van der Waals surface area (Å²) in [5.41, 5.74) is 1.45. The fourth-order valence-electron chi connectivity index (χ4n) is 3.16. The fraction of sp³-hybridized carbons (Fsp3) is 0.154. The van der Waals surface area contributed by atoms with Gasteiger partial charge in [0.2, 0.25) is 0 Å². The molecule has 0 aliphatic carbocycles. The minimum atomic E-state index is -0.668. The van der Waals surface area contributed by atoms with Crippen molar-refractivity contribution in [3.8, 4) is 29.1 Å². The van der Waals surface area contributed by atoms with Crippen LogP contribution >= 0.6 is 34.8 Å². The lowest BCUT2D eigenvalue weighted by Gasteiger charge is -2.14. The van der Waals surface area contributed by atoms with Gasteiger partial charge in [0.25, 0.3) is 5.91 Å². The van der Waals surface area contributed by atoms with E-state index in [0.29, 0.717) is 38.6 Å². The number of rotatable bonds is 9. The van der Waals surface area contributed by atoms with Crippen molar-refractivity contribution in [1.82, 2.24) is 0 Å². The molecule has 36 heavy (non-hydrogen) atoms. The molecule has 7 nitrogen and oxygen atoms in total. The molecule has 0 saturated carbocycles. The van der Waals surface area contributed by atoms with Crippen LogP contribution in [0.15, 0.2) is 54.1 Å². The van der Waals surface area contributed by atoms with E-state index in [4.69, 9.17) is 53.8 Å². The topological polar surface area (TPSA) is 89.8 Å². The molecule has 0 bridgehead atoms. The second-order valence-electron chi connectivity index (χ2n) is 7.26. The second-order valence-corrected chi connectivity index (χ2v) is 8.51. The van der Waals surface area contributed by atoms with Gasteiger partial charge in [-0.1, -0.05) is 46.9 Å². The molecule has 1 N–H and O–H groups in total. The van der Waals surface area contributed by atoms with Gasteiger partial charge in [-0.15, -0.1) is 0 Å². The number of nitrogens with zero attached hydrogens (tertiary/aromatic N) is 1. The monoisotopic (exact) mass is 546 g/mol. The molecule has 0 fully saturated rings. The molecule has 0 atom stereocenters. The number of amides is 1. The number of hydrogen-bond acceptors (Lipinski definition) is 6. The van der Waals surface area contributed by atoms with Crippen LogP contribution < -0.4 is 24.3 Å². The molecule has 0 unspecified atom stereocenters. The van der Waals surface area contributed by atoms with E-state index in [-0.39, 0.29) is 22.9 Å². The van der Waals surface area contributed by atoms with Crippen LogP contribution in [0.5, 0.6) is 23.0 Å². The van der Waals surface area contributed by atoms with E-state index >= 15 is 0 Å².